The number of ether oxygens (including phenoxy) is 1. The zero-order valence-corrected chi connectivity index (χ0v) is 7.47. The second kappa shape index (κ2) is 3.52. The average molecular weight is 158 g/mol. The van der Waals surface area contributed by atoms with Crippen molar-refractivity contribution in [1.29, 1.82) is 0 Å². The summed E-state index contributed by atoms with van der Waals surface area (Å²) >= 11 is 0. The van der Waals surface area contributed by atoms with Crippen molar-refractivity contribution in [3.63, 3.8) is 0 Å². The minimum atomic E-state index is 0.00174. The number of likely N-dealkylation sites (N-methyl/N-ethyl adjacent to an activating group) is 1. The van der Waals surface area contributed by atoms with Crippen molar-refractivity contribution < 1.29 is 4.74 Å². The molecule has 1 fully saturated rings. The van der Waals surface area contributed by atoms with Crippen LogP contribution < -0.4 is 5.73 Å². The lowest BCUT2D eigenvalue weighted by Crippen LogP contribution is -2.52. The second-order valence-corrected chi connectivity index (χ2v) is 3.71. The van der Waals surface area contributed by atoms with Crippen molar-refractivity contribution >= 4 is 0 Å². The van der Waals surface area contributed by atoms with Crippen LogP contribution in [0.1, 0.15) is 12.8 Å². The molecule has 0 saturated carbocycles. The lowest BCUT2D eigenvalue weighted by Gasteiger charge is -2.35. The predicted octanol–water partition coefficient (Wildman–Crippen LogP) is 0.0559. The van der Waals surface area contributed by atoms with Crippen LogP contribution >= 0.6 is 0 Å². The van der Waals surface area contributed by atoms with Gasteiger partial charge >= 0.3 is 0 Å². The first-order chi connectivity index (χ1) is 5.12. The highest BCUT2D eigenvalue weighted by atomic mass is 16.5. The van der Waals surface area contributed by atoms with Gasteiger partial charge in [0.1, 0.15) is 0 Å². The van der Waals surface area contributed by atoms with Gasteiger partial charge in [-0.3, -0.25) is 0 Å². The molecule has 1 heterocycles. The standard InChI is InChI=1S/C8H18N2O/c1-10(2)7-8(9)3-5-11-6-4-8/h3-7,9H2,1-2H3. The van der Waals surface area contributed by atoms with Gasteiger partial charge in [-0.2, -0.15) is 0 Å². The van der Waals surface area contributed by atoms with Crippen LogP contribution in [0.25, 0.3) is 0 Å². The maximum atomic E-state index is 6.14. The zero-order chi connectivity index (χ0) is 8.32. The molecule has 3 nitrogen and oxygen atoms in total. The molecule has 0 amide bonds. The molecule has 0 aromatic rings. The highest BCUT2D eigenvalue weighted by Crippen LogP contribution is 2.17. The molecule has 0 radical (unpaired) electrons. The first-order valence-corrected chi connectivity index (χ1v) is 4.14. The van der Waals surface area contributed by atoms with E-state index in [1.54, 1.807) is 0 Å². The topological polar surface area (TPSA) is 38.5 Å². The van der Waals surface area contributed by atoms with E-state index in [-0.39, 0.29) is 5.54 Å². The minimum absolute atomic E-state index is 0.00174. The first kappa shape index (κ1) is 8.97. The number of nitrogens with zero attached hydrogens (tertiary/aromatic N) is 1. The molecule has 0 atom stereocenters. The minimum Gasteiger partial charge on any atom is -0.381 e. The molecule has 3 heteroatoms. The molecule has 1 aliphatic rings. The van der Waals surface area contributed by atoms with E-state index in [1.165, 1.54) is 0 Å². The molecule has 2 N–H and O–H groups in total. The Hall–Kier alpha value is -0.120. The maximum Gasteiger partial charge on any atom is 0.0484 e. The van der Waals surface area contributed by atoms with Crippen LogP contribution in [0.3, 0.4) is 0 Å². The molecule has 1 aliphatic heterocycles. The van der Waals surface area contributed by atoms with Crippen LogP contribution in [0.2, 0.25) is 0 Å². The van der Waals surface area contributed by atoms with Gasteiger partial charge in [0.25, 0.3) is 0 Å². The third-order valence-corrected chi connectivity index (χ3v) is 2.12. The Labute approximate surface area is 68.5 Å². The van der Waals surface area contributed by atoms with Crippen molar-refractivity contribution in [2.24, 2.45) is 5.73 Å². The average Bonchev–Trinajstić information content (AvgIpc) is 1.85. The molecule has 0 aromatic heterocycles. The van der Waals surface area contributed by atoms with Crippen LogP contribution in [-0.2, 0) is 4.74 Å². The fraction of sp³-hybridized carbons (Fsp3) is 1.00. The van der Waals surface area contributed by atoms with Gasteiger partial charge in [0.2, 0.25) is 0 Å². The largest absolute Gasteiger partial charge is 0.381 e. The molecule has 1 rings (SSSR count). The SMILES string of the molecule is CN(C)CC1(N)CCOCC1. The van der Waals surface area contributed by atoms with Crippen molar-refractivity contribution in [1.82, 2.24) is 4.90 Å². The number of nitrogens with two attached hydrogens (primary N) is 1. The summed E-state index contributed by atoms with van der Waals surface area (Å²) < 4.78 is 5.25. The van der Waals surface area contributed by atoms with Crippen molar-refractivity contribution in [3.8, 4) is 0 Å². The monoisotopic (exact) mass is 158 g/mol. The Balaban J connectivity index is 2.37. The molecular formula is C8H18N2O. The zero-order valence-electron chi connectivity index (χ0n) is 7.47. The highest BCUT2D eigenvalue weighted by Gasteiger charge is 2.28. The fourth-order valence-corrected chi connectivity index (χ4v) is 1.57. The van der Waals surface area contributed by atoms with Gasteiger partial charge in [-0.15, -0.1) is 0 Å². The van der Waals surface area contributed by atoms with E-state index < -0.39 is 0 Å². The van der Waals surface area contributed by atoms with Gasteiger partial charge in [0.05, 0.1) is 0 Å². The van der Waals surface area contributed by atoms with Gasteiger partial charge in [0, 0.05) is 25.3 Å². The van der Waals surface area contributed by atoms with Crippen LogP contribution in [0.5, 0.6) is 0 Å². The van der Waals surface area contributed by atoms with E-state index in [4.69, 9.17) is 10.5 Å². The van der Waals surface area contributed by atoms with Crippen molar-refractivity contribution in [2.75, 3.05) is 33.9 Å². The molecule has 0 spiro atoms. The van der Waals surface area contributed by atoms with E-state index in [2.05, 4.69) is 19.0 Å². The molecule has 0 unspecified atom stereocenters. The van der Waals surface area contributed by atoms with E-state index >= 15 is 0 Å². The Morgan fingerprint density at radius 2 is 1.91 bits per heavy atom. The quantitative estimate of drug-likeness (QED) is 0.617. The Morgan fingerprint density at radius 1 is 1.36 bits per heavy atom. The van der Waals surface area contributed by atoms with Crippen molar-refractivity contribution in [3.05, 3.63) is 0 Å². The fourth-order valence-electron chi connectivity index (χ4n) is 1.57. The van der Waals surface area contributed by atoms with E-state index in [1.807, 2.05) is 0 Å². The van der Waals surface area contributed by atoms with Crippen LogP contribution in [0.15, 0.2) is 0 Å². The third-order valence-electron chi connectivity index (χ3n) is 2.12. The second-order valence-electron chi connectivity index (χ2n) is 3.71. The normalized spacial score (nSPS) is 24.0. The number of rotatable bonds is 2. The maximum absolute atomic E-state index is 6.14. The summed E-state index contributed by atoms with van der Waals surface area (Å²) in [7, 11) is 4.12. The Morgan fingerprint density at radius 3 is 2.36 bits per heavy atom. The summed E-state index contributed by atoms with van der Waals surface area (Å²) in [6, 6.07) is 0. The van der Waals surface area contributed by atoms with Gasteiger partial charge in [0.15, 0.2) is 0 Å². The summed E-state index contributed by atoms with van der Waals surface area (Å²) in [5.41, 5.74) is 6.14. The predicted molar refractivity (Wildman–Crippen MR) is 45.5 cm³/mol. The lowest BCUT2D eigenvalue weighted by molar-refractivity contribution is 0.0439. The highest BCUT2D eigenvalue weighted by molar-refractivity contribution is 4.88. The van der Waals surface area contributed by atoms with E-state index in [9.17, 15) is 0 Å². The summed E-state index contributed by atoms with van der Waals surface area (Å²) in [6.45, 7) is 2.62. The third kappa shape index (κ3) is 2.77. The van der Waals surface area contributed by atoms with Gasteiger partial charge in [-0.1, -0.05) is 0 Å². The van der Waals surface area contributed by atoms with Gasteiger partial charge in [-0.25, -0.2) is 0 Å². The van der Waals surface area contributed by atoms with Crippen LogP contribution in [-0.4, -0.2) is 44.3 Å². The van der Waals surface area contributed by atoms with Crippen LogP contribution in [0, 0.1) is 0 Å². The van der Waals surface area contributed by atoms with Gasteiger partial charge in [-0.05, 0) is 26.9 Å². The molecule has 1 saturated heterocycles. The molecular weight excluding hydrogens is 140 g/mol. The van der Waals surface area contributed by atoms with Crippen LogP contribution in [0.4, 0.5) is 0 Å². The van der Waals surface area contributed by atoms with E-state index in [0.717, 1.165) is 32.6 Å². The molecule has 0 bridgehead atoms. The van der Waals surface area contributed by atoms with Crippen molar-refractivity contribution in [2.45, 2.75) is 18.4 Å². The number of hydrogen-bond acceptors (Lipinski definition) is 3. The summed E-state index contributed by atoms with van der Waals surface area (Å²) in [5, 5.41) is 0. The Bertz CT molecular complexity index is 119. The molecule has 0 aliphatic carbocycles. The smallest absolute Gasteiger partial charge is 0.0484 e. The lowest BCUT2D eigenvalue weighted by atomic mass is 9.91. The Kier molecular flexibility index (Phi) is 2.87. The van der Waals surface area contributed by atoms with E-state index in [0.29, 0.717) is 0 Å². The van der Waals surface area contributed by atoms with Gasteiger partial charge < -0.3 is 15.4 Å². The number of hydrogen-bond donors (Lipinski definition) is 1. The molecule has 66 valence electrons. The summed E-state index contributed by atoms with van der Waals surface area (Å²) in [4.78, 5) is 2.14. The molecule has 11 heavy (non-hydrogen) atoms. The summed E-state index contributed by atoms with van der Waals surface area (Å²) in [5.74, 6) is 0. The molecule has 0 aromatic carbocycles. The summed E-state index contributed by atoms with van der Waals surface area (Å²) in [6.07, 6.45) is 1.98. The first-order valence-electron chi connectivity index (χ1n) is 4.14.